The molecule has 6 rings (SSSR count). The van der Waals surface area contributed by atoms with Crippen molar-refractivity contribution in [2.24, 2.45) is 0 Å². The van der Waals surface area contributed by atoms with Gasteiger partial charge in [0, 0.05) is 75.7 Å². The van der Waals surface area contributed by atoms with Gasteiger partial charge in [0.05, 0.1) is 20.4 Å². The quantitative estimate of drug-likeness (QED) is 0.0392. The van der Waals surface area contributed by atoms with Crippen molar-refractivity contribution in [3.63, 3.8) is 0 Å². The molecule has 54 heavy (non-hydrogen) atoms. The Labute approximate surface area is 343 Å². The summed E-state index contributed by atoms with van der Waals surface area (Å²) in [5, 5.41) is 2.07. The normalized spacial score (nSPS) is 12.3. The van der Waals surface area contributed by atoms with Crippen LogP contribution in [0.15, 0.2) is 94.7 Å². The van der Waals surface area contributed by atoms with Gasteiger partial charge in [-0.3, -0.25) is 0 Å². The number of para-hydroxylation sites is 2. The molecular formula is C38H44N2O6S6Si2. The molecule has 0 radical (unpaired) electrons. The SMILES string of the molecule is CO[Si](CCCc1cccc(SSSSc2cccc(CCC[Si](OC)(OC)OC)c2-c2nc3ccccc3s2)c1-c1nc2ccccc2s1)(OC)OC. The summed E-state index contributed by atoms with van der Waals surface area (Å²) in [5.74, 6) is 0. The van der Waals surface area contributed by atoms with Crippen LogP contribution in [-0.4, -0.2) is 70.2 Å². The van der Waals surface area contributed by atoms with E-state index in [1.54, 1.807) is 107 Å². The zero-order valence-corrected chi connectivity index (χ0v) is 38.0. The van der Waals surface area contributed by atoms with Crippen molar-refractivity contribution in [3.05, 3.63) is 96.1 Å². The van der Waals surface area contributed by atoms with Gasteiger partial charge in [-0.1, -0.05) is 48.5 Å². The second kappa shape index (κ2) is 20.1. The van der Waals surface area contributed by atoms with E-state index < -0.39 is 17.6 Å². The van der Waals surface area contributed by atoms with Crippen LogP contribution in [0.4, 0.5) is 0 Å². The number of fused-ring (bicyclic) bond motifs is 2. The summed E-state index contributed by atoms with van der Waals surface area (Å²) in [4.78, 5) is 12.6. The van der Waals surface area contributed by atoms with Crippen LogP contribution in [0, 0.1) is 0 Å². The summed E-state index contributed by atoms with van der Waals surface area (Å²) in [6.45, 7) is 0. The molecule has 0 aliphatic rings. The molecule has 16 heteroatoms. The van der Waals surface area contributed by atoms with Crippen molar-refractivity contribution < 1.29 is 26.6 Å². The van der Waals surface area contributed by atoms with Gasteiger partial charge in [0.2, 0.25) is 0 Å². The Balaban J connectivity index is 1.23. The molecule has 0 saturated carbocycles. The fourth-order valence-electron chi connectivity index (χ4n) is 6.36. The van der Waals surface area contributed by atoms with E-state index in [1.165, 1.54) is 41.4 Å². The first-order valence-electron chi connectivity index (χ1n) is 17.4. The van der Waals surface area contributed by atoms with Crippen LogP contribution in [0.3, 0.4) is 0 Å². The number of thiazole rings is 2. The predicted molar refractivity (Wildman–Crippen MR) is 237 cm³/mol. The van der Waals surface area contributed by atoms with Crippen molar-refractivity contribution >= 4 is 102 Å². The molecule has 0 unspecified atom stereocenters. The third-order valence-electron chi connectivity index (χ3n) is 9.24. The summed E-state index contributed by atoms with van der Waals surface area (Å²) in [7, 11) is 11.8. The summed E-state index contributed by atoms with van der Waals surface area (Å²) in [6.07, 6.45) is 3.47. The lowest BCUT2D eigenvalue weighted by atomic mass is 10.0. The molecule has 0 saturated heterocycles. The van der Waals surface area contributed by atoms with Crippen LogP contribution in [0.1, 0.15) is 24.0 Å². The molecule has 0 aliphatic carbocycles. The van der Waals surface area contributed by atoms with E-state index in [0.29, 0.717) is 0 Å². The van der Waals surface area contributed by atoms with Gasteiger partial charge in [-0.15, -0.1) is 22.7 Å². The standard InChI is InChI=1S/C38H44N2O6S6Si2/c1-41-53(42-2,43-3)25-13-17-27-15-11-23-33(35(27)37-39-29-19-7-9-21-31(29)47-37)49-51-52-50-34-24-12-16-28(18-14-26-54(44-4,45-5)46-6)36(34)38-40-30-20-8-10-22-32(30)48-38/h7-12,15-16,19-24H,13-14,17-18,25-26H2,1-6H3. The average Bonchev–Trinajstić information content (AvgIpc) is 3.85. The smallest absolute Gasteiger partial charge is 0.377 e. The maximum Gasteiger partial charge on any atom is 0.500 e. The molecule has 0 fully saturated rings. The minimum absolute atomic E-state index is 0.735. The van der Waals surface area contributed by atoms with E-state index in [2.05, 4.69) is 72.8 Å². The van der Waals surface area contributed by atoms with E-state index in [9.17, 15) is 0 Å². The van der Waals surface area contributed by atoms with E-state index in [-0.39, 0.29) is 0 Å². The highest BCUT2D eigenvalue weighted by atomic mass is 33.7. The van der Waals surface area contributed by atoms with Crippen LogP contribution in [0.25, 0.3) is 41.6 Å². The number of nitrogens with zero attached hydrogens (tertiary/aromatic N) is 2. The number of rotatable bonds is 21. The van der Waals surface area contributed by atoms with Crippen molar-refractivity contribution in [2.75, 3.05) is 42.7 Å². The molecule has 2 aromatic heterocycles. The molecule has 4 aromatic carbocycles. The first kappa shape index (κ1) is 41.9. The van der Waals surface area contributed by atoms with Crippen molar-refractivity contribution in [1.29, 1.82) is 0 Å². The highest BCUT2D eigenvalue weighted by Crippen LogP contribution is 2.54. The van der Waals surface area contributed by atoms with E-state index in [1.807, 2.05) is 12.1 Å². The van der Waals surface area contributed by atoms with Crippen molar-refractivity contribution in [1.82, 2.24) is 9.97 Å². The Hall–Kier alpha value is -1.75. The minimum atomic E-state index is -2.68. The highest BCUT2D eigenvalue weighted by molar-refractivity contribution is 9.26. The van der Waals surface area contributed by atoms with Crippen LogP contribution in [0.2, 0.25) is 12.1 Å². The van der Waals surface area contributed by atoms with Crippen LogP contribution in [-0.2, 0) is 39.4 Å². The van der Waals surface area contributed by atoms with Gasteiger partial charge >= 0.3 is 17.6 Å². The second-order valence-electron chi connectivity index (χ2n) is 12.2. The Kier molecular flexibility index (Phi) is 15.6. The monoisotopic (exact) mass is 872 g/mol. The highest BCUT2D eigenvalue weighted by Gasteiger charge is 2.38. The Morgan fingerprint density at radius 3 is 1.26 bits per heavy atom. The Bertz CT molecular complexity index is 1900. The summed E-state index contributed by atoms with van der Waals surface area (Å²) in [6, 6.07) is 31.4. The maximum atomic E-state index is 5.72. The predicted octanol–water partition coefficient (Wildman–Crippen LogP) is 12.0. The number of hydrogen-bond donors (Lipinski definition) is 0. The summed E-state index contributed by atoms with van der Waals surface area (Å²) in [5.41, 5.74) is 6.95. The van der Waals surface area contributed by atoms with E-state index in [4.69, 9.17) is 36.5 Å². The zero-order valence-electron chi connectivity index (χ0n) is 31.1. The van der Waals surface area contributed by atoms with Gasteiger partial charge in [0.25, 0.3) is 0 Å². The number of benzene rings is 4. The lowest BCUT2D eigenvalue weighted by Gasteiger charge is -2.24. The number of aryl methyl sites for hydroxylation is 2. The molecule has 0 spiro atoms. The fraction of sp³-hybridized carbons (Fsp3) is 0.316. The summed E-state index contributed by atoms with van der Waals surface area (Å²) >= 11 is 3.49. The largest absolute Gasteiger partial charge is 0.500 e. The van der Waals surface area contributed by atoms with Crippen LogP contribution >= 0.6 is 63.9 Å². The topological polar surface area (TPSA) is 81.2 Å². The third-order valence-corrected chi connectivity index (χ3v) is 23.1. The van der Waals surface area contributed by atoms with Crippen molar-refractivity contribution in [2.45, 2.75) is 47.6 Å². The molecule has 0 amide bonds. The minimum Gasteiger partial charge on any atom is -0.377 e. The third kappa shape index (κ3) is 9.85. The molecule has 2 heterocycles. The van der Waals surface area contributed by atoms with Crippen molar-refractivity contribution in [3.8, 4) is 21.1 Å². The van der Waals surface area contributed by atoms with Crippen LogP contribution < -0.4 is 0 Å². The second-order valence-corrected chi connectivity index (χ2v) is 26.1. The van der Waals surface area contributed by atoms with E-state index in [0.717, 1.165) is 58.8 Å². The van der Waals surface area contributed by atoms with Gasteiger partial charge < -0.3 is 26.6 Å². The van der Waals surface area contributed by atoms with Gasteiger partial charge in [-0.2, -0.15) is 0 Å². The van der Waals surface area contributed by atoms with Gasteiger partial charge in [-0.05, 0) is 114 Å². The first-order valence-corrected chi connectivity index (χ1v) is 27.7. The lowest BCUT2D eigenvalue weighted by molar-refractivity contribution is 0.122. The maximum absolute atomic E-state index is 5.72. The lowest BCUT2D eigenvalue weighted by Crippen LogP contribution is -2.42. The first-order chi connectivity index (χ1) is 26.4. The van der Waals surface area contributed by atoms with E-state index >= 15 is 0 Å². The average molecular weight is 873 g/mol. The molecule has 0 aliphatic heterocycles. The van der Waals surface area contributed by atoms with Crippen LogP contribution in [0.5, 0.6) is 0 Å². The van der Waals surface area contributed by atoms with Gasteiger partial charge in [0.1, 0.15) is 10.0 Å². The van der Waals surface area contributed by atoms with Gasteiger partial charge in [-0.25, -0.2) is 9.97 Å². The van der Waals surface area contributed by atoms with Gasteiger partial charge in [0.15, 0.2) is 0 Å². The Morgan fingerprint density at radius 2 is 0.889 bits per heavy atom. The molecule has 8 nitrogen and oxygen atoms in total. The molecular weight excluding hydrogens is 829 g/mol. The summed E-state index contributed by atoms with van der Waals surface area (Å²) < 4.78 is 36.7. The molecule has 0 bridgehead atoms. The fourth-order valence-corrected chi connectivity index (χ4v) is 17.9. The molecule has 0 N–H and O–H groups in total. The molecule has 286 valence electrons. The zero-order chi connectivity index (χ0) is 38.0. The number of aromatic nitrogens is 2. The number of hydrogen-bond acceptors (Lipinski definition) is 14. The Morgan fingerprint density at radius 1 is 0.500 bits per heavy atom. The molecule has 0 atom stereocenters. The molecule has 6 aromatic rings.